The third kappa shape index (κ3) is 3.83. The van der Waals surface area contributed by atoms with E-state index in [1.807, 2.05) is 0 Å². The SMILES string of the molecule is Fc1ccc(C(F)(F)F)cc1NC1CCCNCC1. The minimum Gasteiger partial charge on any atom is -0.380 e. The van der Waals surface area contributed by atoms with Crippen LogP contribution in [-0.2, 0) is 6.18 Å². The summed E-state index contributed by atoms with van der Waals surface area (Å²) in [6.45, 7) is 1.68. The zero-order valence-electron chi connectivity index (χ0n) is 10.4. The van der Waals surface area contributed by atoms with E-state index in [2.05, 4.69) is 10.6 Å². The van der Waals surface area contributed by atoms with Crippen molar-refractivity contribution in [3.63, 3.8) is 0 Å². The van der Waals surface area contributed by atoms with Gasteiger partial charge in [0.15, 0.2) is 0 Å². The first-order valence-electron chi connectivity index (χ1n) is 6.31. The predicted molar refractivity (Wildman–Crippen MR) is 65.5 cm³/mol. The normalized spacial score (nSPS) is 20.9. The van der Waals surface area contributed by atoms with Crippen LogP contribution in [0.2, 0.25) is 0 Å². The Balaban J connectivity index is 2.14. The monoisotopic (exact) mass is 276 g/mol. The lowest BCUT2D eigenvalue weighted by molar-refractivity contribution is -0.137. The van der Waals surface area contributed by atoms with E-state index in [0.29, 0.717) is 0 Å². The summed E-state index contributed by atoms with van der Waals surface area (Å²) in [5, 5.41) is 6.09. The third-order valence-corrected chi connectivity index (χ3v) is 3.23. The molecule has 0 aliphatic carbocycles. The van der Waals surface area contributed by atoms with Crippen molar-refractivity contribution < 1.29 is 17.6 Å². The van der Waals surface area contributed by atoms with Gasteiger partial charge < -0.3 is 10.6 Å². The molecule has 19 heavy (non-hydrogen) atoms. The highest BCUT2D eigenvalue weighted by Crippen LogP contribution is 2.32. The molecular weight excluding hydrogens is 260 g/mol. The lowest BCUT2D eigenvalue weighted by Gasteiger charge is -2.19. The number of alkyl halides is 3. The molecule has 2 nitrogen and oxygen atoms in total. The predicted octanol–water partition coefficient (Wildman–Crippen LogP) is 3.40. The van der Waals surface area contributed by atoms with Gasteiger partial charge in [-0.05, 0) is 50.6 Å². The first-order valence-corrected chi connectivity index (χ1v) is 6.31. The maximum atomic E-state index is 13.6. The summed E-state index contributed by atoms with van der Waals surface area (Å²) in [5.74, 6) is -0.648. The fourth-order valence-corrected chi connectivity index (χ4v) is 2.20. The van der Waals surface area contributed by atoms with E-state index in [9.17, 15) is 17.6 Å². The smallest absolute Gasteiger partial charge is 0.380 e. The Morgan fingerprint density at radius 3 is 2.68 bits per heavy atom. The van der Waals surface area contributed by atoms with Crippen molar-refractivity contribution in [3.8, 4) is 0 Å². The van der Waals surface area contributed by atoms with Crippen LogP contribution >= 0.6 is 0 Å². The van der Waals surface area contributed by atoms with E-state index in [1.165, 1.54) is 0 Å². The number of halogens is 4. The van der Waals surface area contributed by atoms with Gasteiger partial charge in [-0.3, -0.25) is 0 Å². The van der Waals surface area contributed by atoms with Gasteiger partial charge in [0.25, 0.3) is 0 Å². The van der Waals surface area contributed by atoms with Gasteiger partial charge in [0.1, 0.15) is 5.82 Å². The van der Waals surface area contributed by atoms with Crippen LogP contribution in [0.3, 0.4) is 0 Å². The van der Waals surface area contributed by atoms with E-state index < -0.39 is 17.6 Å². The van der Waals surface area contributed by atoms with Crippen molar-refractivity contribution in [1.29, 1.82) is 0 Å². The summed E-state index contributed by atoms with van der Waals surface area (Å²) in [5.41, 5.74) is -0.898. The van der Waals surface area contributed by atoms with Crippen molar-refractivity contribution in [1.82, 2.24) is 5.32 Å². The lowest BCUT2D eigenvalue weighted by Crippen LogP contribution is -2.22. The molecule has 1 unspecified atom stereocenters. The van der Waals surface area contributed by atoms with Crippen LogP contribution in [0, 0.1) is 5.82 Å². The van der Waals surface area contributed by atoms with Gasteiger partial charge in [0.2, 0.25) is 0 Å². The molecule has 0 amide bonds. The summed E-state index contributed by atoms with van der Waals surface area (Å²) >= 11 is 0. The molecular formula is C13H16F4N2. The maximum absolute atomic E-state index is 13.6. The van der Waals surface area contributed by atoms with Crippen LogP contribution in [0.15, 0.2) is 18.2 Å². The summed E-state index contributed by atoms with van der Waals surface area (Å²) < 4.78 is 51.3. The molecule has 1 atom stereocenters. The Bertz CT molecular complexity index is 423. The zero-order chi connectivity index (χ0) is 13.9. The molecule has 0 radical (unpaired) electrons. The molecule has 1 heterocycles. The van der Waals surface area contributed by atoms with Crippen LogP contribution in [0.1, 0.15) is 24.8 Å². The second-order valence-corrected chi connectivity index (χ2v) is 4.71. The first-order chi connectivity index (χ1) is 8.97. The molecule has 2 N–H and O–H groups in total. The molecule has 1 saturated heterocycles. The van der Waals surface area contributed by atoms with Crippen molar-refractivity contribution in [2.24, 2.45) is 0 Å². The number of anilines is 1. The maximum Gasteiger partial charge on any atom is 0.416 e. The van der Waals surface area contributed by atoms with Crippen LogP contribution in [0.5, 0.6) is 0 Å². The van der Waals surface area contributed by atoms with Gasteiger partial charge >= 0.3 is 6.18 Å². The third-order valence-electron chi connectivity index (χ3n) is 3.23. The van der Waals surface area contributed by atoms with Crippen molar-refractivity contribution in [3.05, 3.63) is 29.6 Å². The second-order valence-electron chi connectivity index (χ2n) is 4.71. The van der Waals surface area contributed by atoms with Crippen molar-refractivity contribution in [2.45, 2.75) is 31.5 Å². The molecule has 1 fully saturated rings. The first kappa shape index (κ1) is 14.1. The van der Waals surface area contributed by atoms with Gasteiger partial charge in [-0.25, -0.2) is 4.39 Å². The Hall–Kier alpha value is -1.30. The lowest BCUT2D eigenvalue weighted by atomic mass is 10.1. The molecule has 0 spiro atoms. The minimum absolute atomic E-state index is 0.00739. The Labute approximate surface area is 109 Å². The molecule has 0 aromatic heterocycles. The fraction of sp³-hybridized carbons (Fsp3) is 0.538. The highest BCUT2D eigenvalue weighted by molar-refractivity contribution is 5.48. The van der Waals surface area contributed by atoms with E-state index in [1.54, 1.807) is 0 Å². The van der Waals surface area contributed by atoms with E-state index >= 15 is 0 Å². The number of hydrogen-bond acceptors (Lipinski definition) is 2. The van der Waals surface area contributed by atoms with Crippen molar-refractivity contribution in [2.75, 3.05) is 18.4 Å². The molecule has 106 valence electrons. The van der Waals surface area contributed by atoms with Gasteiger partial charge in [0, 0.05) is 6.04 Å². The largest absolute Gasteiger partial charge is 0.416 e. The summed E-state index contributed by atoms with van der Waals surface area (Å²) in [4.78, 5) is 0. The highest BCUT2D eigenvalue weighted by Gasteiger charge is 2.31. The van der Waals surface area contributed by atoms with Gasteiger partial charge in [-0.1, -0.05) is 0 Å². The molecule has 1 aromatic rings. The number of rotatable bonds is 2. The van der Waals surface area contributed by atoms with E-state index in [-0.39, 0.29) is 11.7 Å². The molecule has 6 heteroatoms. The van der Waals surface area contributed by atoms with Crippen molar-refractivity contribution >= 4 is 5.69 Å². The number of hydrogen-bond donors (Lipinski definition) is 2. The Kier molecular flexibility index (Phi) is 4.29. The topological polar surface area (TPSA) is 24.1 Å². The van der Waals surface area contributed by atoms with Gasteiger partial charge in [-0.15, -0.1) is 0 Å². The molecule has 1 aromatic carbocycles. The molecule has 0 bridgehead atoms. The summed E-state index contributed by atoms with van der Waals surface area (Å²) in [6, 6.07) is 2.47. The average molecular weight is 276 g/mol. The average Bonchev–Trinajstić information content (AvgIpc) is 2.59. The molecule has 1 aliphatic rings. The standard InChI is InChI=1S/C13H16F4N2/c14-11-4-3-9(13(15,16)17)8-12(11)19-10-2-1-6-18-7-5-10/h3-4,8,10,18-19H,1-2,5-7H2. The Morgan fingerprint density at radius 2 is 1.95 bits per heavy atom. The van der Waals surface area contributed by atoms with E-state index in [4.69, 9.17) is 0 Å². The number of nitrogens with one attached hydrogen (secondary N) is 2. The van der Waals surface area contributed by atoms with Gasteiger partial charge in [0.05, 0.1) is 11.3 Å². The quantitative estimate of drug-likeness (QED) is 0.809. The van der Waals surface area contributed by atoms with Crippen LogP contribution < -0.4 is 10.6 Å². The van der Waals surface area contributed by atoms with Crippen LogP contribution in [0.4, 0.5) is 23.2 Å². The fourth-order valence-electron chi connectivity index (χ4n) is 2.20. The molecule has 0 saturated carbocycles. The van der Waals surface area contributed by atoms with Gasteiger partial charge in [-0.2, -0.15) is 13.2 Å². The second kappa shape index (κ2) is 5.77. The van der Waals surface area contributed by atoms with E-state index in [0.717, 1.165) is 50.6 Å². The zero-order valence-corrected chi connectivity index (χ0v) is 10.4. The Morgan fingerprint density at radius 1 is 1.16 bits per heavy atom. The van der Waals surface area contributed by atoms with Crippen LogP contribution in [0.25, 0.3) is 0 Å². The highest BCUT2D eigenvalue weighted by atomic mass is 19.4. The molecule has 2 rings (SSSR count). The number of benzene rings is 1. The minimum atomic E-state index is -4.45. The summed E-state index contributed by atoms with van der Waals surface area (Å²) in [6.07, 6.45) is -1.92. The summed E-state index contributed by atoms with van der Waals surface area (Å²) in [7, 11) is 0. The van der Waals surface area contributed by atoms with Crippen LogP contribution in [-0.4, -0.2) is 19.1 Å². The molecule has 1 aliphatic heterocycles.